The molecule has 2 amide bonds. The molecule has 1 fully saturated rings. The lowest BCUT2D eigenvalue weighted by molar-refractivity contribution is -0.142. The Bertz CT molecular complexity index is 944. The third-order valence-electron chi connectivity index (χ3n) is 4.04. The highest BCUT2D eigenvalue weighted by atomic mass is 35.5. The predicted octanol–water partition coefficient (Wildman–Crippen LogP) is 3.63. The van der Waals surface area contributed by atoms with Crippen molar-refractivity contribution in [3.63, 3.8) is 0 Å². The first-order valence-corrected chi connectivity index (χ1v) is 9.73. The molecule has 1 heterocycles. The predicted molar refractivity (Wildman–Crippen MR) is 111 cm³/mol. The number of halogens is 1. The van der Waals surface area contributed by atoms with Crippen LogP contribution in [0.15, 0.2) is 53.4 Å². The molecule has 2 aromatic carbocycles. The van der Waals surface area contributed by atoms with Crippen molar-refractivity contribution in [1.29, 1.82) is 0 Å². The van der Waals surface area contributed by atoms with Crippen molar-refractivity contribution in [1.82, 2.24) is 10.2 Å². The molecular formula is C20H17ClN2O5S. The maximum Gasteiger partial charge on any atom is 0.324 e. The van der Waals surface area contributed by atoms with Gasteiger partial charge in [-0.25, -0.2) is 4.84 Å². The van der Waals surface area contributed by atoms with Gasteiger partial charge in [0, 0.05) is 0 Å². The first-order chi connectivity index (χ1) is 14.0. The smallest absolute Gasteiger partial charge is 0.324 e. The van der Waals surface area contributed by atoms with E-state index in [2.05, 4.69) is 14.9 Å². The van der Waals surface area contributed by atoms with Gasteiger partial charge in [0.1, 0.15) is 17.5 Å². The largest absolute Gasteiger partial charge is 0.468 e. The molecule has 0 aromatic heterocycles. The number of imide groups is 1. The number of rotatable bonds is 7. The molecule has 29 heavy (non-hydrogen) atoms. The van der Waals surface area contributed by atoms with Gasteiger partial charge in [-0.1, -0.05) is 24.3 Å². The van der Waals surface area contributed by atoms with E-state index in [1.165, 1.54) is 7.11 Å². The van der Waals surface area contributed by atoms with Gasteiger partial charge in [-0.3, -0.25) is 19.7 Å². The number of methoxy groups -OCH3 is 1. The molecule has 2 aromatic rings. The minimum atomic E-state index is -0.634. The summed E-state index contributed by atoms with van der Waals surface area (Å²) >= 11 is 6.47. The van der Waals surface area contributed by atoms with Crippen LogP contribution in [-0.2, 0) is 20.7 Å². The summed E-state index contributed by atoms with van der Waals surface area (Å²) in [6.45, 7) is 0. The summed E-state index contributed by atoms with van der Waals surface area (Å²) in [5.41, 5.74) is 1.67. The Hall–Kier alpha value is -2.81. The normalized spacial score (nSPS) is 15.9. The van der Waals surface area contributed by atoms with Crippen molar-refractivity contribution in [2.24, 2.45) is 0 Å². The van der Waals surface area contributed by atoms with Crippen LogP contribution in [0.4, 0.5) is 4.79 Å². The molecule has 1 saturated heterocycles. The number of ether oxygens (including phenoxy) is 2. The lowest BCUT2D eigenvalue weighted by atomic mass is 10.1. The minimum absolute atomic E-state index is 0.357. The number of hydrogen-bond donors (Lipinski definition) is 2. The van der Waals surface area contributed by atoms with Crippen molar-refractivity contribution >= 4 is 46.7 Å². The zero-order valence-corrected chi connectivity index (χ0v) is 16.9. The Morgan fingerprint density at radius 3 is 2.28 bits per heavy atom. The number of carbonyl (C=O) groups excluding carboxylic acids is 3. The molecule has 0 radical (unpaired) electrons. The van der Waals surface area contributed by atoms with Gasteiger partial charge in [0.15, 0.2) is 0 Å². The number of thioether (sulfide) groups is 1. The number of benzene rings is 2. The highest BCUT2D eigenvalue weighted by Crippen LogP contribution is 2.27. The molecule has 2 N–H and O–H groups in total. The standard InChI is InChI=1S/C20H17ClN2O5S/c1-27-19(25)16(23-21)10-12-2-6-14(7-3-12)28-15-8-4-13(5-9-15)11-17-18(24)22-20(26)29-17/h2-9,11,16,23H,10H2,1H3,(H,22,24,26)/b17-11-. The zero-order chi connectivity index (χ0) is 20.8. The van der Waals surface area contributed by atoms with Crippen LogP contribution in [0.3, 0.4) is 0 Å². The fraction of sp³-hybridized carbons (Fsp3) is 0.150. The molecule has 1 aliphatic rings. The Morgan fingerprint density at radius 2 is 1.76 bits per heavy atom. The van der Waals surface area contributed by atoms with Gasteiger partial charge < -0.3 is 9.47 Å². The molecule has 0 saturated carbocycles. The summed E-state index contributed by atoms with van der Waals surface area (Å²) < 4.78 is 10.5. The number of amides is 2. The maximum absolute atomic E-state index is 11.6. The van der Waals surface area contributed by atoms with E-state index in [-0.39, 0.29) is 11.1 Å². The van der Waals surface area contributed by atoms with Crippen molar-refractivity contribution in [2.75, 3.05) is 7.11 Å². The van der Waals surface area contributed by atoms with Crippen molar-refractivity contribution in [3.05, 3.63) is 64.6 Å². The summed E-state index contributed by atoms with van der Waals surface area (Å²) in [5, 5.41) is 1.84. The van der Waals surface area contributed by atoms with Crippen LogP contribution < -0.4 is 14.9 Å². The zero-order valence-electron chi connectivity index (χ0n) is 15.3. The van der Waals surface area contributed by atoms with E-state index in [1.807, 2.05) is 12.1 Å². The minimum Gasteiger partial charge on any atom is -0.468 e. The number of nitrogens with one attached hydrogen (secondary N) is 2. The van der Waals surface area contributed by atoms with Crippen LogP contribution in [-0.4, -0.2) is 30.3 Å². The van der Waals surface area contributed by atoms with Gasteiger partial charge >= 0.3 is 5.97 Å². The Morgan fingerprint density at radius 1 is 1.14 bits per heavy atom. The van der Waals surface area contributed by atoms with Gasteiger partial charge in [-0.05, 0) is 71.4 Å². The van der Waals surface area contributed by atoms with Crippen molar-refractivity contribution < 1.29 is 23.9 Å². The molecule has 1 aliphatic heterocycles. The van der Waals surface area contributed by atoms with Crippen LogP contribution in [0, 0.1) is 0 Å². The third kappa shape index (κ3) is 5.60. The Balaban J connectivity index is 1.62. The summed E-state index contributed by atoms with van der Waals surface area (Å²) in [7, 11) is 1.31. The second-order valence-corrected chi connectivity index (χ2v) is 7.29. The summed E-state index contributed by atoms with van der Waals surface area (Å²) in [4.78, 5) is 37.1. The second-order valence-electron chi connectivity index (χ2n) is 6.06. The molecule has 9 heteroatoms. The molecule has 0 bridgehead atoms. The second kappa shape index (κ2) is 9.60. The summed E-state index contributed by atoms with van der Waals surface area (Å²) in [5.74, 6) is 0.423. The van der Waals surface area contributed by atoms with E-state index in [4.69, 9.17) is 16.5 Å². The first kappa shape index (κ1) is 20.9. The molecule has 1 atom stereocenters. The van der Waals surface area contributed by atoms with Crippen LogP contribution >= 0.6 is 23.5 Å². The maximum atomic E-state index is 11.6. The van der Waals surface area contributed by atoms with Gasteiger partial charge in [0.05, 0.1) is 12.0 Å². The summed E-state index contributed by atoms with van der Waals surface area (Å²) in [6, 6.07) is 13.7. The van der Waals surface area contributed by atoms with Gasteiger partial charge in [-0.2, -0.15) is 0 Å². The average Bonchev–Trinajstić information content (AvgIpc) is 3.05. The molecule has 7 nitrogen and oxygen atoms in total. The fourth-order valence-electron chi connectivity index (χ4n) is 2.58. The highest BCUT2D eigenvalue weighted by Gasteiger charge is 2.24. The highest BCUT2D eigenvalue weighted by molar-refractivity contribution is 8.18. The van der Waals surface area contributed by atoms with E-state index in [9.17, 15) is 14.4 Å². The van der Waals surface area contributed by atoms with Crippen molar-refractivity contribution in [2.45, 2.75) is 12.5 Å². The van der Waals surface area contributed by atoms with Gasteiger partial charge in [0.2, 0.25) is 0 Å². The van der Waals surface area contributed by atoms with Gasteiger partial charge in [-0.15, -0.1) is 0 Å². The Kier molecular flexibility index (Phi) is 6.92. The molecule has 0 aliphatic carbocycles. The van der Waals surface area contributed by atoms with E-state index in [0.717, 1.165) is 22.9 Å². The monoisotopic (exact) mass is 432 g/mol. The van der Waals surface area contributed by atoms with Crippen LogP contribution in [0.2, 0.25) is 0 Å². The van der Waals surface area contributed by atoms with E-state index < -0.39 is 12.0 Å². The van der Waals surface area contributed by atoms with E-state index in [1.54, 1.807) is 42.5 Å². The third-order valence-corrected chi connectivity index (χ3v) is 5.11. The molecule has 0 spiro atoms. The fourth-order valence-corrected chi connectivity index (χ4v) is 3.43. The van der Waals surface area contributed by atoms with Crippen molar-refractivity contribution in [3.8, 4) is 11.5 Å². The van der Waals surface area contributed by atoms with Crippen LogP contribution in [0.5, 0.6) is 11.5 Å². The number of carbonyl (C=O) groups is 3. The van der Waals surface area contributed by atoms with Crippen LogP contribution in [0.1, 0.15) is 11.1 Å². The van der Waals surface area contributed by atoms with E-state index in [0.29, 0.717) is 22.8 Å². The SMILES string of the molecule is COC(=O)C(Cc1ccc(Oc2ccc(/C=C3\SC(=O)NC3=O)cc2)cc1)NCl. The number of hydrogen-bond acceptors (Lipinski definition) is 7. The Labute approximate surface area is 176 Å². The van der Waals surface area contributed by atoms with Gasteiger partial charge in [0.25, 0.3) is 11.1 Å². The molecular weight excluding hydrogens is 416 g/mol. The first-order valence-electron chi connectivity index (χ1n) is 8.54. The lowest BCUT2D eigenvalue weighted by Crippen LogP contribution is -2.33. The molecule has 1 unspecified atom stereocenters. The quantitative estimate of drug-likeness (QED) is 0.392. The average molecular weight is 433 g/mol. The topological polar surface area (TPSA) is 93.7 Å². The lowest BCUT2D eigenvalue weighted by Gasteiger charge is -2.12. The van der Waals surface area contributed by atoms with E-state index >= 15 is 0 Å². The molecule has 150 valence electrons. The summed E-state index contributed by atoms with van der Waals surface area (Å²) in [6.07, 6.45) is 2.03. The van der Waals surface area contributed by atoms with Crippen LogP contribution in [0.25, 0.3) is 6.08 Å². The number of esters is 1. The molecule has 3 rings (SSSR count).